The van der Waals surface area contributed by atoms with E-state index in [2.05, 4.69) is 38.2 Å². The zero-order valence-electron chi connectivity index (χ0n) is 24.8. The lowest BCUT2D eigenvalue weighted by molar-refractivity contribution is 0.530. The fourth-order valence-electron chi connectivity index (χ4n) is 5.03. The number of hydrogen-bond donors (Lipinski definition) is 0. The Hall–Kier alpha value is -0.520. The fraction of sp³-hybridized carbons (Fsp3) is 0.886. The molecule has 0 aromatic carbocycles. The van der Waals surface area contributed by atoms with Crippen molar-refractivity contribution in [2.75, 3.05) is 0 Å². The van der Waals surface area contributed by atoms with E-state index in [0.717, 1.165) is 0 Å². The summed E-state index contributed by atoms with van der Waals surface area (Å²) in [6.45, 7) is 4.60. The first kappa shape index (κ1) is 34.5. The molecule has 208 valence electrons. The Morgan fingerprint density at radius 2 is 0.400 bits per heavy atom. The molecule has 0 saturated carbocycles. The van der Waals surface area contributed by atoms with Crippen molar-refractivity contribution in [3.63, 3.8) is 0 Å². The summed E-state index contributed by atoms with van der Waals surface area (Å²) in [7, 11) is 0. The molecule has 0 heteroatoms. The monoisotopic (exact) mass is 489 g/mol. The average Bonchev–Trinajstić information content (AvgIpc) is 2.87. The van der Waals surface area contributed by atoms with Gasteiger partial charge >= 0.3 is 0 Å². The Kier molecular flexibility index (Phi) is 33.0. The lowest BCUT2D eigenvalue weighted by atomic mass is 10.0. The minimum absolute atomic E-state index is 1.29. The van der Waals surface area contributed by atoms with Crippen molar-refractivity contribution in [1.29, 1.82) is 0 Å². The van der Waals surface area contributed by atoms with E-state index >= 15 is 0 Å². The molecule has 0 unspecified atom stereocenters. The van der Waals surface area contributed by atoms with E-state index in [-0.39, 0.29) is 0 Å². The average molecular weight is 489 g/mol. The van der Waals surface area contributed by atoms with E-state index in [1.165, 1.54) is 186 Å². The van der Waals surface area contributed by atoms with Crippen LogP contribution in [0.1, 0.15) is 200 Å². The smallest absolute Gasteiger partial charge is 0.0351 e. The van der Waals surface area contributed by atoms with Crippen molar-refractivity contribution in [2.45, 2.75) is 200 Å². The van der Waals surface area contributed by atoms with Gasteiger partial charge in [-0.3, -0.25) is 0 Å². The summed E-state index contributed by atoms with van der Waals surface area (Å²) in [6.07, 6.45) is 50.9. The van der Waals surface area contributed by atoms with Crippen LogP contribution < -0.4 is 0 Å². The summed E-state index contributed by atoms with van der Waals surface area (Å²) in [5.41, 5.74) is 0. The van der Waals surface area contributed by atoms with Gasteiger partial charge in [-0.25, -0.2) is 0 Å². The lowest BCUT2D eigenvalue weighted by Crippen LogP contribution is -1.83. The maximum atomic E-state index is 2.45. The van der Waals surface area contributed by atoms with Crippen molar-refractivity contribution >= 4 is 0 Å². The first-order valence-corrected chi connectivity index (χ1v) is 16.7. The summed E-state index contributed by atoms with van der Waals surface area (Å²) >= 11 is 0. The highest BCUT2D eigenvalue weighted by Gasteiger charge is 1.94. The third-order valence-electron chi connectivity index (χ3n) is 7.52. The van der Waals surface area contributed by atoms with Gasteiger partial charge < -0.3 is 0 Å². The molecule has 0 nitrogen and oxygen atoms in total. The minimum Gasteiger partial charge on any atom is -0.0885 e. The molecule has 0 bridgehead atoms. The van der Waals surface area contributed by atoms with Crippen LogP contribution in [-0.4, -0.2) is 0 Å². The molecule has 0 aliphatic rings. The van der Waals surface area contributed by atoms with Gasteiger partial charge in [0.2, 0.25) is 0 Å². The van der Waals surface area contributed by atoms with Crippen LogP contribution in [-0.2, 0) is 0 Å². The molecule has 0 atom stereocenters. The van der Waals surface area contributed by atoms with Crippen molar-refractivity contribution in [3.8, 4) is 0 Å². The van der Waals surface area contributed by atoms with Gasteiger partial charge in [0.25, 0.3) is 0 Å². The molecule has 35 heavy (non-hydrogen) atoms. The number of hydrogen-bond acceptors (Lipinski definition) is 0. The third-order valence-corrected chi connectivity index (χ3v) is 7.52. The molecule has 0 spiro atoms. The van der Waals surface area contributed by atoms with E-state index in [0.29, 0.717) is 0 Å². The van der Waals surface area contributed by atoms with E-state index in [9.17, 15) is 0 Å². The van der Waals surface area contributed by atoms with Gasteiger partial charge in [-0.15, -0.1) is 0 Å². The van der Waals surface area contributed by atoms with E-state index in [4.69, 9.17) is 0 Å². The maximum Gasteiger partial charge on any atom is -0.0351 e. The summed E-state index contributed by atoms with van der Waals surface area (Å²) in [5, 5.41) is 0. The standard InChI is InChI=1S/C35H68/c1-3-5-7-9-11-13-15-17-19-21-23-25-27-29-31-33-35-34-32-30-28-26-24-22-20-18-16-14-12-10-8-6-4-2/h17,19,31,33H,3-16,18,20-30,32,34-35H2,1-2H3. The molecule has 0 aliphatic carbocycles. The van der Waals surface area contributed by atoms with Crippen LogP contribution in [0, 0.1) is 0 Å². The lowest BCUT2D eigenvalue weighted by Gasteiger charge is -2.03. The predicted octanol–water partition coefficient (Wildman–Crippen LogP) is 13.5. The Labute approximate surface area is 224 Å². The quantitative estimate of drug-likeness (QED) is 0.0696. The molecule has 0 heterocycles. The molecule has 0 rings (SSSR count). The molecule has 0 saturated heterocycles. The van der Waals surface area contributed by atoms with E-state index in [1.807, 2.05) is 0 Å². The van der Waals surface area contributed by atoms with Gasteiger partial charge in [0, 0.05) is 0 Å². The molecular weight excluding hydrogens is 420 g/mol. The highest BCUT2D eigenvalue weighted by atomic mass is 14.0. The predicted molar refractivity (Wildman–Crippen MR) is 164 cm³/mol. The van der Waals surface area contributed by atoms with Crippen LogP contribution in [0.5, 0.6) is 0 Å². The van der Waals surface area contributed by atoms with Gasteiger partial charge in [-0.2, -0.15) is 0 Å². The first-order valence-electron chi connectivity index (χ1n) is 16.7. The van der Waals surface area contributed by atoms with Crippen LogP contribution in [0.4, 0.5) is 0 Å². The first-order chi connectivity index (χ1) is 17.4. The Morgan fingerprint density at radius 1 is 0.229 bits per heavy atom. The van der Waals surface area contributed by atoms with Crippen LogP contribution >= 0.6 is 0 Å². The second-order valence-electron chi connectivity index (χ2n) is 11.2. The van der Waals surface area contributed by atoms with Crippen molar-refractivity contribution < 1.29 is 0 Å². The van der Waals surface area contributed by atoms with E-state index < -0.39 is 0 Å². The van der Waals surface area contributed by atoms with Crippen LogP contribution in [0.15, 0.2) is 24.3 Å². The zero-order chi connectivity index (χ0) is 25.3. The van der Waals surface area contributed by atoms with Crippen molar-refractivity contribution in [2.24, 2.45) is 0 Å². The summed E-state index contributed by atoms with van der Waals surface area (Å²) in [5.74, 6) is 0. The van der Waals surface area contributed by atoms with Gasteiger partial charge in [0.15, 0.2) is 0 Å². The number of allylic oxidation sites excluding steroid dienone is 4. The fourth-order valence-corrected chi connectivity index (χ4v) is 5.03. The number of unbranched alkanes of at least 4 members (excludes halogenated alkanes) is 26. The molecule has 0 N–H and O–H groups in total. The number of rotatable bonds is 30. The van der Waals surface area contributed by atoms with Gasteiger partial charge in [0.05, 0.1) is 0 Å². The zero-order valence-corrected chi connectivity index (χ0v) is 24.8. The second-order valence-corrected chi connectivity index (χ2v) is 11.2. The third kappa shape index (κ3) is 33.5. The van der Waals surface area contributed by atoms with Crippen LogP contribution in [0.3, 0.4) is 0 Å². The highest BCUT2D eigenvalue weighted by Crippen LogP contribution is 2.14. The molecule has 0 fully saturated rings. The molecule has 0 aromatic heterocycles. The van der Waals surface area contributed by atoms with Crippen LogP contribution in [0.2, 0.25) is 0 Å². The highest BCUT2D eigenvalue weighted by molar-refractivity contribution is 4.83. The van der Waals surface area contributed by atoms with E-state index in [1.54, 1.807) is 0 Å². The molecule has 0 amide bonds. The molecule has 0 aromatic rings. The summed E-state index contributed by atoms with van der Waals surface area (Å²) < 4.78 is 0. The minimum atomic E-state index is 1.29. The van der Waals surface area contributed by atoms with Gasteiger partial charge in [-0.1, -0.05) is 173 Å². The molecular formula is C35H68. The SMILES string of the molecule is CCCCCCCCC=CCCCCCC=CCCCCCCCCCCCCCCCCCC. The topological polar surface area (TPSA) is 0 Å². The summed E-state index contributed by atoms with van der Waals surface area (Å²) in [4.78, 5) is 0. The maximum absolute atomic E-state index is 2.45. The normalized spacial score (nSPS) is 11.9. The Bertz CT molecular complexity index is 404. The van der Waals surface area contributed by atoms with Gasteiger partial charge in [-0.05, 0) is 51.4 Å². The Balaban J connectivity index is 3.12. The van der Waals surface area contributed by atoms with Crippen molar-refractivity contribution in [1.82, 2.24) is 0 Å². The molecule has 0 aliphatic heterocycles. The van der Waals surface area contributed by atoms with Gasteiger partial charge in [0.1, 0.15) is 0 Å². The van der Waals surface area contributed by atoms with Crippen LogP contribution in [0.25, 0.3) is 0 Å². The Morgan fingerprint density at radius 3 is 0.629 bits per heavy atom. The second kappa shape index (κ2) is 33.5. The summed E-state index contributed by atoms with van der Waals surface area (Å²) in [6, 6.07) is 0. The largest absolute Gasteiger partial charge is 0.0885 e. The van der Waals surface area contributed by atoms with Crippen molar-refractivity contribution in [3.05, 3.63) is 24.3 Å². The molecule has 0 radical (unpaired) electrons.